The monoisotopic (exact) mass is 329 g/mol. The minimum Gasteiger partial charge on any atom is -0.384 e. The van der Waals surface area contributed by atoms with Gasteiger partial charge in [0.1, 0.15) is 11.3 Å². The number of amides is 1. The number of carbonyl (C=O) groups is 1. The fourth-order valence-corrected chi connectivity index (χ4v) is 3.44. The molecule has 5 heteroatoms. The van der Waals surface area contributed by atoms with Crippen molar-refractivity contribution < 1.29 is 9.18 Å². The summed E-state index contributed by atoms with van der Waals surface area (Å²) in [7, 11) is 0. The molecule has 1 aromatic heterocycles. The molecule has 0 aliphatic carbocycles. The molecule has 1 aromatic carbocycles. The second kappa shape index (κ2) is 7.16. The third-order valence-corrected chi connectivity index (χ3v) is 4.85. The molecule has 0 radical (unpaired) electrons. The molecule has 1 aliphatic heterocycles. The second-order valence-electron chi connectivity index (χ2n) is 6.61. The summed E-state index contributed by atoms with van der Waals surface area (Å²) in [6, 6.07) is 7.04. The van der Waals surface area contributed by atoms with Crippen LogP contribution in [0.15, 0.2) is 24.3 Å². The number of para-hydroxylation sites is 1. The van der Waals surface area contributed by atoms with E-state index in [0.29, 0.717) is 11.4 Å². The minimum atomic E-state index is -0.282. The van der Waals surface area contributed by atoms with Crippen LogP contribution in [0.25, 0.3) is 10.9 Å². The molecule has 24 heavy (non-hydrogen) atoms. The van der Waals surface area contributed by atoms with Crippen LogP contribution in [0.1, 0.15) is 31.9 Å². The molecule has 0 unspecified atom stereocenters. The van der Waals surface area contributed by atoms with Gasteiger partial charge in [0.2, 0.25) is 5.91 Å². The van der Waals surface area contributed by atoms with Gasteiger partial charge in [0.15, 0.2) is 0 Å². The summed E-state index contributed by atoms with van der Waals surface area (Å²) in [4.78, 5) is 17.6. The van der Waals surface area contributed by atoms with Crippen LogP contribution in [-0.4, -0.2) is 35.4 Å². The summed E-state index contributed by atoms with van der Waals surface area (Å²) >= 11 is 0. The van der Waals surface area contributed by atoms with E-state index >= 15 is 0 Å². The van der Waals surface area contributed by atoms with Gasteiger partial charge >= 0.3 is 0 Å². The van der Waals surface area contributed by atoms with E-state index in [1.165, 1.54) is 6.07 Å². The molecule has 1 amide bonds. The van der Waals surface area contributed by atoms with Gasteiger partial charge in [-0.1, -0.05) is 12.1 Å². The van der Waals surface area contributed by atoms with Crippen molar-refractivity contribution >= 4 is 22.5 Å². The number of piperidine rings is 1. The molecule has 0 atom stereocenters. The van der Waals surface area contributed by atoms with Crippen LogP contribution in [0.5, 0.6) is 0 Å². The zero-order valence-electron chi connectivity index (χ0n) is 14.3. The molecule has 0 saturated carbocycles. The SMILES string of the molecule is CC(=O)N1CCC(CCNc2cc(C)nc3c(F)cccc23)CC1. The number of hydrogen-bond donors (Lipinski definition) is 1. The summed E-state index contributed by atoms with van der Waals surface area (Å²) in [6.07, 6.45) is 3.18. The Balaban J connectivity index is 1.61. The number of aryl methyl sites for hydroxylation is 1. The lowest BCUT2D eigenvalue weighted by atomic mass is 9.93. The van der Waals surface area contributed by atoms with Crippen LogP contribution in [0.3, 0.4) is 0 Å². The number of carbonyl (C=O) groups excluding carboxylic acids is 1. The standard InChI is InChI=1S/C19H24FN3O/c1-13-12-18(16-4-3-5-17(20)19(16)22-13)21-9-6-15-7-10-23(11-8-15)14(2)24/h3-5,12,15H,6-11H2,1-2H3,(H,21,22). The fraction of sp³-hybridized carbons (Fsp3) is 0.474. The van der Waals surface area contributed by atoms with Crippen molar-refractivity contribution in [3.63, 3.8) is 0 Å². The lowest BCUT2D eigenvalue weighted by molar-refractivity contribution is -0.130. The quantitative estimate of drug-likeness (QED) is 0.929. The molecule has 0 spiro atoms. The van der Waals surface area contributed by atoms with Gasteiger partial charge in [-0.25, -0.2) is 9.37 Å². The van der Waals surface area contributed by atoms with Crippen LogP contribution >= 0.6 is 0 Å². The van der Waals surface area contributed by atoms with Gasteiger partial charge < -0.3 is 10.2 Å². The largest absolute Gasteiger partial charge is 0.384 e. The summed E-state index contributed by atoms with van der Waals surface area (Å²) in [5.74, 6) is 0.530. The normalized spacial score (nSPS) is 15.7. The van der Waals surface area contributed by atoms with Gasteiger partial charge in [-0.15, -0.1) is 0 Å². The Morgan fingerprint density at radius 1 is 1.38 bits per heavy atom. The molecule has 4 nitrogen and oxygen atoms in total. The van der Waals surface area contributed by atoms with E-state index < -0.39 is 0 Å². The van der Waals surface area contributed by atoms with Gasteiger partial charge in [0, 0.05) is 43.3 Å². The van der Waals surface area contributed by atoms with E-state index in [1.807, 2.05) is 24.0 Å². The first-order valence-electron chi connectivity index (χ1n) is 8.60. The molecule has 128 valence electrons. The Kier molecular flexibility index (Phi) is 4.97. The highest BCUT2D eigenvalue weighted by molar-refractivity contribution is 5.91. The first-order chi connectivity index (χ1) is 11.5. The molecule has 2 heterocycles. The molecular formula is C19H24FN3O. The van der Waals surface area contributed by atoms with Gasteiger partial charge in [-0.3, -0.25) is 4.79 Å². The number of anilines is 1. The number of likely N-dealkylation sites (tertiary alicyclic amines) is 1. The molecule has 1 saturated heterocycles. The van der Waals surface area contributed by atoms with Gasteiger partial charge in [0.05, 0.1) is 0 Å². The van der Waals surface area contributed by atoms with Gasteiger partial charge in [-0.2, -0.15) is 0 Å². The Hall–Kier alpha value is -2.17. The molecule has 1 fully saturated rings. The summed E-state index contributed by atoms with van der Waals surface area (Å²) < 4.78 is 13.9. The maximum absolute atomic E-state index is 13.9. The predicted molar refractivity (Wildman–Crippen MR) is 94.5 cm³/mol. The fourth-order valence-electron chi connectivity index (χ4n) is 3.44. The molecular weight excluding hydrogens is 305 g/mol. The molecule has 0 bridgehead atoms. The van der Waals surface area contributed by atoms with Crippen molar-refractivity contribution in [2.75, 3.05) is 25.0 Å². The zero-order chi connectivity index (χ0) is 17.1. The average Bonchev–Trinajstić information content (AvgIpc) is 2.56. The Morgan fingerprint density at radius 3 is 2.83 bits per heavy atom. The van der Waals surface area contributed by atoms with Crippen LogP contribution in [-0.2, 0) is 4.79 Å². The first kappa shape index (κ1) is 16.7. The number of nitrogens with one attached hydrogen (secondary N) is 1. The molecule has 1 N–H and O–H groups in total. The molecule has 3 rings (SSSR count). The van der Waals surface area contributed by atoms with Crippen molar-refractivity contribution in [3.05, 3.63) is 35.8 Å². The van der Waals surface area contributed by atoms with Gasteiger partial charge in [0.25, 0.3) is 0 Å². The number of rotatable bonds is 4. The van der Waals surface area contributed by atoms with Crippen molar-refractivity contribution in [2.45, 2.75) is 33.1 Å². The van der Waals surface area contributed by atoms with E-state index in [1.54, 1.807) is 13.0 Å². The Morgan fingerprint density at radius 2 is 2.12 bits per heavy atom. The summed E-state index contributed by atoms with van der Waals surface area (Å²) in [5.41, 5.74) is 2.18. The average molecular weight is 329 g/mol. The zero-order valence-corrected chi connectivity index (χ0v) is 14.3. The van der Waals surface area contributed by atoms with Crippen molar-refractivity contribution in [2.24, 2.45) is 5.92 Å². The van der Waals surface area contributed by atoms with E-state index in [9.17, 15) is 9.18 Å². The second-order valence-corrected chi connectivity index (χ2v) is 6.61. The van der Waals surface area contributed by atoms with Crippen molar-refractivity contribution in [1.82, 2.24) is 9.88 Å². The summed E-state index contributed by atoms with van der Waals surface area (Å²) in [6.45, 7) is 6.09. The first-order valence-corrected chi connectivity index (χ1v) is 8.60. The highest BCUT2D eigenvalue weighted by Crippen LogP contribution is 2.26. The number of fused-ring (bicyclic) bond motifs is 1. The van der Waals surface area contributed by atoms with E-state index in [4.69, 9.17) is 0 Å². The Labute approximate surface area is 142 Å². The third-order valence-electron chi connectivity index (χ3n) is 4.85. The maximum Gasteiger partial charge on any atom is 0.219 e. The maximum atomic E-state index is 13.9. The van der Waals surface area contributed by atoms with E-state index in [0.717, 1.165) is 55.7 Å². The highest BCUT2D eigenvalue weighted by atomic mass is 19.1. The smallest absolute Gasteiger partial charge is 0.219 e. The van der Waals surface area contributed by atoms with E-state index in [-0.39, 0.29) is 11.7 Å². The molecule has 2 aromatic rings. The third kappa shape index (κ3) is 3.66. The number of benzene rings is 1. The van der Waals surface area contributed by atoms with Crippen LogP contribution in [0.2, 0.25) is 0 Å². The van der Waals surface area contributed by atoms with Crippen LogP contribution < -0.4 is 5.32 Å². The Bertz CT molecular complexity index is 739. The molecule has 1 aliphatic rings. The minimum absolute atomic E-state index is 0.173. The number of halogens is 1. The number of aromatic nitrogens is 1. The number of hydrogen-bond acceptors (Lipinski definition) is 3. The van der Waals surface area contributed by atoms with Crippen LogP contribution in [0.4, 0.5) is 10.1 Å². The number of nitrogens with zero attached hydrogens (tertiary/aromatic N) is 2. The lowest BCUT2D eigenvalue weighted by Crippen LogP contribution is -2.37. The van der Waals surface area contributed by atoms with Crippen molar-refractivity contribution in [3.8, 4) is 0 Å². The van der Waals surface area contributed by atoms with E-state index in [2.05, 4.69) is 10.3 Å². The van der Waals surface area contributed by atoms with Crippen molar-refractivity contribution in [1.29, 1.82) is 0 Å². The predicted octanol–water partition coefficient (Wildman–Crippen LogP) is 3.74. The number of pyridine rings is 1. The summed E-state index contributed by atoms with van der Waals surface area (Å²) in [5, 5.41) is 4.28. The van der Waals surface area contributed by atoms with Crippen LogP contribution in [0, 0.1) is 18.7 Å². The topological polar surface area (TPSA) is 45.2 Å². The highest BCUT2D eigenvalue weighted by Gasteiger charge is 2.20. The van der Waals surface area contributed by atoms with Gasteiger partial charge in [-0.05, 0) is 44.2 Å². The lowest BCUT2D eigenvalue weighted by Gasteiger charge is -2.31.